The second-order valence-corrected chi connectivity index (χ2v) is 10.6. The SMILES string of the molecule is COc1cc(OC)c(F)c(CC2=CCc3ncc(-c4ccc5c(c4)CC(=O)C54CCN(C)CC4)cc32)c1F. The summed E-state index contributed by atoms with van der Waals surface area (Å²) in [6.45, 7) is 1.86. The second kappa shape index (κ2) is 9.31. The van der Waals surface area contributed by atoms with E-state index in [2.05, 4.69) is 35.1 Å². The highest BCUT2D eigenvalue weighted by molar-refractivity contribution is 5.97. The Morgan fingerprint density at radius 2 is 1.71 bits per heavy atom. The van der Waals surface area contributed by atoms with Crippen LogP contribution in [0.5, 0.6) is 11.5 Å². The van der Waals surface area contributed by atoms with Crippen molar-refractivity contribution in [2.45, 2.75) is 37.5 Å². The molecule has 0 saturated carbocycles. The summed E-state index contributed by atoms with van der Waals surface area (Å²) in [7, 11) is 4.80. The van der Waals surface area contributed by atoms with E-state index in [4.69, 9.17) is 9.47 Å². The predicted octanol–water partition coefficient (Wildman–Crippen LogP) is 5.31. The molecule has 2 aliphatic carbocycles. The van der Waals surface area contributed by atoms with Gasteiger partial charge < -0.3 is 14.4 Å². The van der Waals surface area contributed by atoms with E-state index in [0.717, 1.165) is 59.5 Å². The molecule has 0 amide bonds. The molecule has 0 bridgehead atoms. The summed E-state index contributed by atoms with van der Waals surface area (Å²) in [5.74, 6) is -1.24. The summed E-state index contributed by atoms with van der Waals surface area (Å²) in [6, 6.07) is 9.58. The Kier molecular flexibility index (Phi) is 6.06. The Morgan fingerprint density at radius 3 is 2.39 bits per heavy atom. The third kappa shape index (κ3) is 3.83. The van der Waals surface area contributed by atoms with Crippen LogP contribution in [0.25, 0.3) is 16.7 Å². The number of Topliss-reactive ketones (excluding diaryl/α,β-unsaturated/α-hetero) is 1. The third-order valence-electron chi connectivity index (χ3n) is 8.57. The number of rotatable bonds is 5. The average Bonchev–Trinajstić information content (AvgIpc) is 3.45. The summed E-state index contributed by atoms with van der Waals surface area (Å²) >= 11 is 0. The summed E-state index contributed by atoms with van der Waals surface area (Å²) in [4.78, 5) is 20.1. The fraction of sp³-hybridized carbons (Fsp3) is 0.355. The maximum absolute atomic E-state index is 15.1. The fourth-order valence-corrected chi connectivity index (χ4v) is 6.30. The second-order valence-electron chi connectivity index (χ2n) is 10.6. The van der Waals surface area contributed by atoms with Crippen molar-refractivity contribution in [1.82, 2.24) is 9.88 Å². The van der Waals surface area contributed by atoms with Crippen LogP contribution < -0.4 is 9.47 Å². The van der Waals surface area contributed by atoms with Crippen molar-refractivity contribution in [2.24, 2.45) is 0 Å². The highest BCUT2D eigenvalue weighted by atomic mass is 19.1. The zero-order valence-corrected chi connectivity index (χ0v) is 21.9. The standard InChI is InChI=1S/C31H30F2N2O3/c1-35-10-8-31(9-11-35)24-6-4-18(12-20(24)15-28(31)36)21-14-22-19(5-7-25(22)34-17-21)13-23-29(32)26(37-2)16-27(38-3)30(23)33/h4-6,12,14,16-17H,7-11,13,15H2,1-3H3. The molecule has 1 spiro atoms. The van der Waals surface area contributed by atoms with E-state index in [-0.39, 0.29) is 28.9 Å². The third-order valence-corrected chi connectivity index (χ3v) is 8.57. The molecule has 7 heteroatoms. The fourth-order valence-electron chi connectivity index (χ4n) is 6.30. The summed E-state index contributed by atoms with van der Waals surface area (Å²) in [6.07, 6.45) is 6.67. The zero-order chi connectivity index (χ0) is 26.6. The van der Waals surface area contributed by atoms with Gasteiger partial charge in [-0.3, -0.25) is 9.78 Å². The van der Waals surface area contributed by atoms with Crippen molar-refractivity contribution < 1.29 is 23.0 Å². The van der Waals surface area contributed by atoms with Crippen molar-refractivity contribution in [3.05, 3.63) is 82.2 Å². The summed E-state index contributed by atoms with van der Waals surface area (Å²) in [5.41, 5.74) is 6.30. The van der Waals surface area contributed by atoms with Crippen molar-refractivity contribution in [3.63, 3.8) is 0 Å². The number of carbonyl (C=O) groups excluding carboxylic acids is 1. The molecule has 0 radical (unpaired) electrons. The molecule has 2 heterocycles. The number of piperidine rings is 1. The number of pyridine rings is 1. The van der Waals surface area contributed by atoms with Gasteiger partial charge in [-0.05, 0) is 61.3 Å². The Bertz CT molecular complexity index is 1460. The van der Waals surface area contributed by atoms with E-state index < -0.39 is 11.6 Å². The average molecular weight is 517 g/mol. The van der Waals surface area contributed by atoms with Gasteiger partial charge in [0, 0.05) is 48.2 Å². The number of benzene rings is 2. The lowest BCUT2D eigenvalue weighted by Crippen LogP contribution is -2.44. The topological polar surface area (TPSA) is 51.7 Å². The molecule has 3 aliphatic rings. The van der Waals surface area contributed by atoms with Gasteiger partial charge in [0.25, 0.3) is 0 Å². The van der Waals surface area contributed by atoms with Crippen molar-refractivity contribution in [2.75, 3.05) is 34.4 Å². The van der Waals surface area contributed by atoms with Crippen LogP contribution in [-0.2, 0) is 29.5 Å². The monoisotopic (exact) mass is 516 g/mol. The normalized spacial score (nSPS) is 17.9. The minimum absolute atomic E-state index is 0.0546. The molecule has 1 aromatic heterocycles. The van der Waals surface area contributed by atoms with E-state index >= 15 is 8.78 Å². The van der Waals surface area contributed by atoms with Crippen molar-refractivity contribution in [1.29, 1.82) is 0 Å². The Hall–Kier alpha value is -3.58. The van der Waals surface area contributed by atoms with E-state index in [1.165, 1.54) is 25.8 Å². The maximum atomic E-state index is 15.1. The van der Waals surface area contributed by atoms with Gasteiger partial charge in [0.15, 0.2) is 23.1 Å². The number of nitrogens with zero attached hydrogens (tertiary/aromatic N) is 2. The molecule has 5 nitrogen and oxygen atoms in total. The first-order chi connectivity index (χ1) is 18.3. The number of allylic oxidation sites excluding steroid dienone is 2. The van der Waals surface area contributed by atoms with Gasteiger partial charge >= 0.3 is 0 Å². The number of carbonyl (C=O) groups is 1. The highest BCUT2D eigenvalue weighted by Gasteiger charge is 2.47. The van der Waals surface area contributed by atoms with E-state index in [0.29, 0.717) is 18.6 Å². The lowest BCUT2D eigenvalue weighted by molar-refractivity contribution is -0.124. The lowest BCUT2D eigenvalue weighted by Gasteiger charge is -2.37. The summed E-state index contributed by atoms with van der Waals surface area (Å²) in [5, 5.41) is 0. The number of ether oxygens (including phenoxy) is 2. The number of fused-ring (bicyclic) bond motifs is 3. The van der Waals surface area contributed by atoms with E-state index in [1.54, 1.807) is 0 Å². The molecule has 1 saturated heterocycles. The molecule has 0 atom stereocenters. The molecule has 3 aromatic rings. The van der Waals surface area contributed by atoms with Gasteiger partial charge in [0.2, 0.25) is 0 Å². The number of aromatic nitrogens is 1. The van der Waals surface area contributed by atoms with Gasteiger partial charge in [-0.1, -0.05) is 24.3 Å². The molecule has 1 fully saturated rings. The molecule has 196 valence electrons. The Balaban J connectivity index is 1.32. The number of hydrogen-bond acceptors (Lipinski definition) is 5. The van der Waals surface area contributed by atoms with Gasteiger partial charge in [-0.25, -0.2) is 8.78 Å². The molecule has 6 rings (SSSR count). The Morgan fingerprint density at radius 1 is 1.00 bits per heavy atom. The zero-order valence-electron chi connectivity index (χ0n) is 21.9. The molecule has 0 unspecified atom stereocenters. The van der Waals surface area contributed by atoms with Crippen molar-refractivity contribution in [3.8, 4) is 22.6 Å². The van der Waals surface area contributed by atoms with Crippen LogP contribution in [0.2, 0.25) is 0 Å². The minimum atomic E-state index is -0.726. The number of halogens is 2. The molecule has 0 N–H and O–H groups in total. The van der Waals surface area contributed by atoms with Crippen LogP contribution in [-0.4, -0.2) is 50.0 Å². The minimum Gasteiger partial charge on any atom is -0.494 e. The predicted molar refractivity (Wildman–Crippen MR) is 142 cm³/mol. The van der Waals surface area contributed by atoms with Crippen molar-refractivity contribution >= 4 is 11.4 Å². The largest absolute Gasteiger partial charge is 0.494 e. The van der Waals surface area contributed by atoms with Crippen LogP contribution >= 0.6 is 0 Å². The molecular weight excluding hydrogens is 486 g/mol. The van der Waals surface area contributed by atoms with E-state index in [9.17, 15) is 4.79 Å². The molecule has 38 heavy (non-hydrogen) atoms. The highest BCUT2D eigenvalue weighted by Crippen LogP contribution is 2.45. The smallest absolute Gasteiger partial charge is 0.171 e. The van der Waals surface area contributed by atoms with Gasteiger partial charge in [0.05, 0.1) is 25.3 Å². The van der Waals surface area contributed by atoms with Gasteiger partial charge in [-0.15, -0.1) is 0 Å². The first-order valence-electron chi connectivity index (χ1n) is 13.0. The number of methoxy groups -OCH3 is 2. The van der Waals surface area contributed by atoms with Crippen LogP contribution in [0, 0.1) is 11.6 Å². The quantitative estimate of drug-likeness (QED) is 0.460. The molecule has 2 aromatic carbocycles. The van der Waals surface area contributed by atoms with Crippen LogP contribution in [0.15, 0.2) is 42.6 Å². The molecule has 1 aliphatic heterocycles. The van der Waals surface area contributed by atoms with Crippen LogP contribution in [0.1, 0.15) is 40.8 Å². The van der Waals surface area contributed by atoms with E-state index in [1.807, 2.05) is 18.3 Å². The summed E-state index contributed by atoms with van der Waals surface area (Å²) < 4.78 is 40.3. The lowest BCUT2D eigenvalue weighted by atomic mass is 9.73. The van der Waals surface area contributed by atoms with Gasteiger partial charge in [0.1, 0.15) is 5.78 Å². The first-order valence-corrected chi connectivity index (χ1v) is 13.0. The number of hydrogen-bond donors (Lipinski definition) is 0. The molecular formula is C31H30F2N2O3. The number of ketones is 1. The van der Waals surface area contributed by atoms with Crippen LogP contribution in [0.4, 0.5) is 8.78 Å². The Labute approximate surface area is 221 Å². The first kappa shape index (κ1) is 24.7. The van der Waals surface area contributed by atoms with Crippen LogP contribution in [0.3, 0.4) is 0 Å². The van der Waals surface area contributed by atoms with Gasteiger partial charge in [-0.2, -0.15) is 0 Å². The maximum Gasteiger partial charge on any atom is 0.171 e. The number of likely N-dealkylation sites (tertiary alicyclic amines) is 1.